The van der Waals surface area contributed by atoms with Gasteiger partial charge in [-0.3, -0.25) is 0 Å². The Labute approximate surface area is 108 Å². The summed E-state index contributed by atoms with van der Waals surface area (Å²) in [7, 11) is 0. The summed E-state index contributed by atoms with van der Waals surface area (Å²) in [6.45, 7) is 4.29. The lowest BCUT2D eigenvalue weighted by molar-refractivity contribution is 0.727. The monoisotopic (exact) mass is 241 g/mol. The lowest BCUT2D eigenvalue weighted by Gasteiger charge is -2.16. The van der Waals surface area contributed by atoms with Gasteiger partial charge in [-0.25, -0.2) is 4.98 Å². The number of aryl methyl sites for hydroxylation is 1. The van der Waals surface area contributed by atoms with Crippen LogP contribution in [0.2, 0.25) is 0 Å². The van der Waals surface area contributed by atoms with Crippen LogP contribution in [0, 0.1) is 6.92 Å². The zero-order chi connectivity index (χ0) is 12.5. The first kappa shape index (κ1) is 11.3. The van der Waals surface area contributed by atoms with Crippen molar-refractivity contribution in [2.45, 2.75) is 38.8 Å². The Morgan fingerprint density at radius 3 is 2.67 bits per heavy atom. The van der Waals surface area contributed by atoms with Crippen LogP contribution in [0.5, 0.6) is 0 Å². The average molecular weight is 241 g/mol. The van der Waals surface area contributed by atoms with Crippen LogP contribution in [-0.2, 0) is 0 Å². The molecule has 0 amide bonds. The fourth-order valence-electron chi connectivity index (χ4n) is 2.20. The van der Waals surface area contributed by atoms with E-state index in [0.717, 1.165) is 5.95 Å². The van der Waals surface area contributed by atoms with Gasteiger partial charge in [-0.2, -0.15) is 0 Å². The number of nitrogens with one attached hydrogen (secondary N) is 1. The standard InChI is InChI=1S/C15H19N3/c1-11-3-5-13(6-4-11)12(2)17-15-16-9-10-18(15)14-7-8-14/h3-6,9-10,12,14H,7-8H2,1-2H3,(H,16,17). The first-order valence-electron chi connectivity index (χ1n) is 6.60. The van der Waals surface area contributed by atoms with Crippen LogP contribution in [0.25, 0.3) is 0 Å². The molecule has 1 aromatic heterocycles. The van der Waals surface area contributed by atoms with Crippen molar-refractivity contribution in [3.63, 3.8) is 0 Å². The average Bonchev–Trinajstić information content (AvgIpc) is 3.11. The molecule has 1 N–H and O–H groups in total. The Morgan fingerprint density at radius 2 is 2.00 bits per heavy atom. The van der Waals surface area contributed by atoms with E-state index in [2.05, 4.69) is 59.2 Å². The maximum Gasteiger partial charge on any atom is 0.203 e. The molecule has 2 aromatic rings. The molecule has 1 atom stereocenters. The highest BCUT2D eigenvalue weighted by Gasteiger charge is 2.25. The SMILES string of the molecule is Cc1ccc(C(C)Nc2nccn2C2CC2)cc1. The molecule has 1 saturated carbocycles. The summed E-state index contributed by atoms with van der Waals surface area (Å²) < 4.78 is 2.25. The summed E-state index contributed by atoms with van der Waals surface area (Å²) in [5.74, 6) is 0.991. The number of benzene rings is 1. The highest BCUT2D eigenvalue weighted by Crippen LogP contribution is 2.37. The topological polar surface area (TPSA) is 29.9 Å². The van der Waals surface area contributed by atoms with Gasteiger partial charge in [-0.15, -0.1) is 0 Å². The van der Waals surface area contributed by atoms with Gasteiger partial charge in [0.15, 0.2) is 0 Å². The molecular weight excluding hydrogens is 222 g/mol. The minimum atomic E-state index is 0.283. The van der Waals surface area contributed by atoms with Gasteiger partial charge in [0.05, 0.1) is 6.04 Å². The van der Waals surface area contributed by atoms with Crippen LogP contribution in [0.1, 0.15) is 43.0 Å². The van der Waals surface area contributed by atoms with Crippen molar-refractivity contribution in [3.8, 4) is 0 Å². The Hall–Kier alpha value is -1.77. The number of rotatable bonds is 4. The van der Waals surface area contributed by atoms with Gasteiger partial charge in [-0.05, 0) is 32.3 Å². The van der Waals surface area contributed by atoms with Crippen molar-refractivity contribution in [1.29, 1.82) is 0 Å². The zero-order valence-corrected chi connectivity index (χ0v) is 10.9. The molecule has 3 heteroatoms. The van der Waals surface area contributed by atoms with E-state index in [1.807, 2.05) is 6.20 Å². The van der Waals surface area contributed by atoms with Gasteiger partial charge >= 0.3 is 0 Å². The molecule has 18 heavy (non-hydrogen) atoms. The van der Waals surface area contributed by atoms with Crippen LogP contribution < -0.4 is 5.32 Å². The number of imidazole rings is 1. The predicted octanol–water partition coefficient (Wildman–Crippen LogP) is 3.70. The predicted molar refractivity (Wildman–Crippen MR) is 73.7 cm³/mol. The second-order valence-corrected chi connectivity index (χ2v) is 5.17. The number of anilines is 1. The van der Waals surface area contributed by atoms with Crippen LogP contribution >= 0.6 is 0 Å². The summed E-state index contributed by atoms with van der Waals surface area (Å²) in [4.78, 5) is 4.41. The number of nitrogens with zero attached hydrogens (tertiary/aromatic N) is 2. The first-order valence-corrected chi connectivity index (χ1v) is 6.60. The van der Waals surface area contributed by atoms with Gasteiger partial charge in [0.25, 0.3) is 0 Å². The third kappa shape index (κ3) is 2.26. The fraction of sp³-hybridized carbons (Fsp3) is 0.400. The lowest BCUT2D eigenvalue weighted by atomic mass is 10.1. The molecule has 1 aromatic carbocycles. The zero-order valence-electron chi connectivity index (χ0n) is 10.9. The second-order valence-electron chi connectivity index (χ2n) is 5.17. The Bertz CT molecular complexity index is 523. The summed E-state index contributed by atoms with van der Waals surface area (Å²) >= 11 is 0. The molecule has 0 saturated heterocycles. The Kier molecular flexibility index (Phi) is 2.82. The minimum Gasteiger partial charge on any atom is -0.349 e. The van der Waals surface area contributed by atoms with Crippen LogP contribution in [0.3, 0.4) is 0 Å². The Morgan fingerprint density at radius 1 is 1.28 bits per heavy atom. The molecule has 94 valence electrons. The number of hydrogen-bond donors (Lipinski definition) is 1. The molecule has 1 fully saturated rings. The maximum absolute atomic E-state index is 4.41. The van der Waals surface area contributed by atoms with Crippen molar-refractivity contribution in [2.24, 2.45) is 0 Å². The second kappa shape index (κ2) is 4.48. The minimum absolute atomic E-state index is 0.283. The van der Waals surface area contributed by atoms with E-state index in [4.69, 9.17) is 0 Å². The van der Waals surface area contributed by atoms with Crippen molar-refractivity contribution < 1.29 is 0 Å². The van der Waals surface area contributed by atoms with Crippen LogP contribution in [0.15, 0.2) is 36.7 Å². The van der Waals surface area contributed by atoms with E-state index in [-0.39, 0.29) is 6.04 Å². The van der Waals surface area contributed by atoms with Gasteiger partial charge in [0.1, 0.15) is 0 Å². The molecule has 1 unspecified atom stereocenters. The van der Waals surface area contributed by atoms with Crippen molar-refractivity contribution in [3.05, 3.63) is 47.8 Å². The van der Waals surface area contributed by atoms with Crippen molar-refractivity contribution in [2.75, 3.05) is 5.32 Å². The molecule has 0 radical (unpaired) electrons. The summed E-state index contributed by atoms with van der Waals surface area (Å²) in [6, 6.07) is 9.61. The van der Waals surface area contributed by atoms with E-state index in [1.165, 1.54) is 24.0 Å². The van der Waals surface area contributed by atoms with E-state index in [9.17, 15) is 0 Å². The quantitative estimate of drug-likeness (QED) is 0.884. The summed E-state index contributed by atoms with van der Waals surface area (Å²) in [5.41, 5.74) is 2.59. The van der Waals surface area contributed by atoms with E-state index in [0.29, 0.717) is 6.04 Å². The highest BCUT2D eigenvalue weighted by atomic mass is 15.2. The third-order valence-corrected chi connectivity index (χ3v) is 3.53. The molecule has 1 aliphatic rings. The molecule has 1 aliphatic carbocycles. The van der Waals surface area contributed by atoms with Crippen LogP contribution in [-0.4, -0.2) is 9.55 Å². The largest absolute Gasteiger partial charge is 0.349 e. The molecule has 0 bridgehead atoms. The Balaban J connectivity index is 1.75. The van der Waals surface area contributed by atoms with Gasteiger partial charge in [0, 0.05) is 18.4 Å². The van der Waals surface area contributed by atoms with E-state index >= 15 is 0 Å². The first-order chi connectivity index (χ1) is 8.74. The summed E-state index contributed by atoms with van der Waals surface area (Å²) in [6.07, 6.45) is 6.51. The smallest absolute Gasteiger partial charge is 0.203 e. The molecular formula is C15H19N3. The normalized spacial score (nSPS) is 16.6. The summed E-state index contributed by atoms with van der Waals surface area (Å²) in [5, 5.41) is 3.50. The van der Waals surface area contributed by atoms with Gasteiger partial charge in [-0.1, -0.05) is 29.8 Å². The lowest BCUT2D eigenvalue weighted by Crippen LogP contribution is -2.11. The highest BCUT2D eigenvalue weighted by molar-refractivity contribution is 5.34. The fourth-order valence-corrected chi connectivity index (χ4v) is 2.20. The van der Waals surface area contributed by atoms with Crippen LogP contribution in [0.4, 0.5) is 5.95 Å². The third-order valence-electron chi connectivity index (χ3n) is 3.53. The van der Waals surface area contributed by atoms with Crippen molar-refractivity contribution >= 4 is 5.95 Å². The van der Waals surface area contributed by atoms with Crippen molar-refractivity contribution in [1.82, 2.24) is 9.55 Å². The van der Waals surface area contributed by atoms with E-state index in [1.54, 1.807) is 0 Å². The van der Waals surface area contributed by atoms with E-state index < -0.39 is 0 Å². The molecule has 0 aliphatic heterocycles. The maximum atomic E-state index is 4.41. The number of hydrogen-bond acceptors (Lipinski definition) is 2. The molecule has 3 nitrogen and oxygen atoms in total. The van der Waals surface area contributed by atoms with Gasteiger partial charge < -0.3 is 9.88 Å². The molecule has 3 rings (SSSR count). The molecule has 1 heterocycles. The van der Waals surface area contributed by atoms with Gasteiger partial charge in [0.2, 0.25) is 5.95 Å². The molecule has 0 spiro atoms. The number of aromatic nitrogens is 2.